The predicted octanol–water partition coefficient (Wildman–Crippen LogP) is 6.78. The fraction of sp³-hybridized carbons (Fsp3) is 0.200. The number of alkyl halides is 1. The molecule has 2 heteroatoms. The molecule has 4 aromatic carbocycles. The van der Waals surface area contributed by atoms with Crippen molar-refractivity contribution < 1.29 is 0 Å². The van der Waals surface area contributed by atoms with E-state index in [1.165, 1.54) is 32.7 Å². The van der Waals surface area contributed by atoms with Crippen LogP contribution in [0.3, 0.4) is 0 Å². The molecule has 0 saturated heterocycles. The van der Waals surface area contributed by atoms with Crippen LogP contribution < -0.4 is 0 Å². The third-order valence-corrected chi connectivity index (χ3v) is 5.29. The van der Waals surface area contributed by atoms with E-state index in [0.717, 1.165) is 19.6 Å². The first-order valence-electron chi connectivity index (χ1n) is 9.50. The second kappa shape index (κ2) is 8.24. The fourth-order valence-electron chi connectivity index (χ4n) is 3.81. The van der Waals surface area contributed by atoms with Gasteiger partial charge in [-0.25, -0.2) is 0 Å². The van der Waals surface area contributed by atoms with Crippen LogP contribution in [0.4, 0.5) is 0 Å². The molecule has 27 heavy (non-hydrogen) atoms. The molecule has 0 aliphatic carbocycles. The molecule has 0 fully saturated rings. The van der Waals surface area contributed by atoms with Gasteiger partial charge < -0.3 is 0 Å². The Balaban J connectivity index is 1.62. The van der Waals surface area contributed by atoms with E-state index in [9.17, 15) is 0 Å². The highest BCUT2D eigenvalue weighted by Crippen LogP contribution is 2.23. The van der Waals surface area contributed by atoms with Gasteiger partial charge in [0.05, 0.1) is 0 Å². The Morgan fingerprint density at radius 1 is 0.741 bits per heavy atom. The van der Waals surface area contributed by atoms with E-state index in [2.05, 4.69) is 113 Å². The topological polar surface area (TPSA) is 3.24 Å². The molecule has 4 rings (SSSR count). The van der Waals surface area contributed by atoms with Crippen molar-refractivity contribution in [2.75, 3.05) is 6.54 Å². The fourth-order valence-corrected chi connectivity index (χ4v) is 4.22. The van der Waals surface area contributed by atoms with E-state index in [-0.39, 0.29) is 0 Å². The number of nitrogens with zero attached hydrogens (tertiary/aromatic N) is 1. The van der Waals surface area contributed by atoms with E-state index in [0.29, 0.717) is 4.83 Å². The lowest BCUT2D eigenvalue weighted by atomic mass is 10.0. The third-order valence-electron chi connectivity index (χ3n) is 5.00. The molecular formula is C25H24BrN. The minimum atomic E-state index is 0.452. The first-order chi connectivity index (χ1) is 13.2. The molecule has 0 aliphatic heterocycles. The zero-order valence-corrected chi connectivity index (χ0v) is 17.2. The van der Waals surface area contributed by atoms with Gasteiger partial charge in [-0.15, -0.1) is 0 Å². The molecule has 1 atom stereocenters. The average molecular weight is 418 g/mol. The third kappa shape index (κ3) is 4.40. The van der Waals surface area contributed by atoms with Crippen LogP contribution in [0.5, 0.6) is 0 Å². The number of halogens is 1. The van der Waals surface area contributed by atoms with Crippen LogP contribution in [0.15, 0.2) is 84.9 Å². The number of hydrogen-bond donors (Lipinski definition) is 0. The lowest BCUT2D eigenvalue weighted by Crippen LogP contribution is -2.28. The molecule has 0 spiro atoms. The predicted molar refractivity (Wildman–Crippen MR) is 120 cm³/mol. The van der Waals surface area contributed by atoms with Crippen LogP contribution >= 0.6 is 15.9 Å². The maximum absolute atomic E-state index is 3.75. The zero-order valence-electron chi connectivity index (χ0n) is 15.6. The maximum Gasteiger partial charge on any atom is 0.0245 e. The summed E-state index contributed by atoms with van der Waals surface area (Å²) in [5, 5.41) is 5.28. The second-order valence-electron chi connectivity index (χ2n) is 7.27. The molecule has 1 nitrogen and oxygen atoms in total. The first-order valence-corrected chi connectivity index (χ1v) is 10.4. The highest BCUT2D eigenvalue weighted by Gasteiger charge is 2.12. The molecule has 4 aromatic rings. The van der Waals surface area contributed by atoms with Crippen molar-refractivity contribution in [2.24, 2.45) is 0 Å². The highest BCUT2D eigenvalue weighted by molar-refractivity contribution is 9.09. The molecule has 0 N–H and O–H groups in total. The maximum atomic E-state index is 3.75. The summed E-state index contributed by atoms with van der Waals surface area (Å²) in [5.41, 5.74) is 2.75. The molecule has 0 saturated carbocycles. The monoisotopic (exact) mass is 417 g/mol. The Morgan fingerprint density at radius 2 is 1.44 bits per heavy atom. The molecule has 0 unspecified atom stereocenters. The molecule has 0 radical (unpaired) electrons. The Morgan fingerprint density at radius 3 is 2.26 bits per heavy atom. The summed E-state index contributed by atoms with van der Waals surface area (Å²) in [4.78, 5) is 2.98. The lowest BCUT2D eigenvalue weighted by Gasteiger charge is -2.25. The van der Waals surface area contributed by atoms with Crippen molar-refractivity contribution in [3.8, 4) is 0 Å². The summed E-state index contributed by atoms with van der Waals surface area (Å²) in [5.74, 6) is 0. The number of hydrogen-bond acceptors (Lipinski definition) is 1. The summed E-state index contributed by atoms with van der Waals surface area (Å²) < 4.78 is 0. The van der Waals surface area contributed by atoms with Crippen molar-refractivity contribution in [3.63, 3.8) is 0 Å². The van der Waals surface area contributed by atoms with Crippen LogP contribution in [-0.2, 0) is 13.1 Å². The summed E-state index contributed by atoms with van der Waals surface area (Å²) in [6.07, 6.45) is 0. The summed E-state index contributed by atoms with van der Waals surface area (Å²) >= 11 is 3.75. The van der Waals surface area contributed by atoms with Crippen LogP contribution in [-0.4, -0.2) is 16.3 Å². The second-order valence-corrected chi connectivity index (χ2v) is 8.83. The Bertz CT molecular complexity index is 1050. The molecule has 136 valence electrons. The quantitative estimate of drug-likeness (QED) is 0.312. The van der Waals surface area contributed by atoms with E-state index < -0.39 is 0 Å². The van der Waals surface area contributed by atoms with Gasteiger partial charge in [-0.2, -0.15) is 0 Å². The van der Waals surface area contributed by atoms with Crippen LogP contribution in [0, 0.1) is 0 Å². The van der Waals surface area contributed by atoms with E-state index >= 15 is 0 Å². The van der Waals surface area contributed by atoms with Crippen molar-refractivity contribution in [1.82, 2.24) is 4.90 Å². The standard InChI is InChI=1S/C25H24BrN/c1-19(26)16-27(17-20-13-14-21-7-2-3-9-23(21)15-20)18-24-11-6-10-22-8-4-5-12-25(22)24/h2-15,19H,16-18H2,1H3/t19-/m1/s1. The van der Waals surface area contributed by atoms with Gasteiger partial charge in [-0.3, -0.25) is 4.90 Å². The lowest BCUT2D eigenvalue weighted by molar-refractivity contribution is 0.262. The SMILES string of the molecule is C[C@@H](Br)CN(Cc1ccc2ccccc2c1)Cc1cccc2ccccc12. The average Bonchev–Trinajstić information content (AvgIpc) is 2.68. The van der Waals surface area contributed by atoms with Gasteiger partial charge in [-0.05, 0) is 38.7 Å². The van der Waals surface area contributed by atoms with Gasteiger partial charge >= 0.3 is 0 Å². The summed E-state index contributed by atoms with van der Waals surface area (Å²) in [7, 11) is 0. The largest absolute Gasteiger partial charge is 0.294 e. The summed E-state index contributed by atoms with van der Waals surface area (Å²) in [6, 6.07) is 30.7. The van der Waals surface area contributed by atoms with Gasteiger partial charge in [0, 0.05) is 24.5 Å². The highest BCUT2D eigenvalue weighted by atomic mass is 79.9. The van der Waals surface area contributed by atoms with Crippen LogP contribution in [0.2, 0.25) is 0 Å². The Hall–Kier alpha value is -2.16. The molecular weight excluding hydrogens is 394 g/mol. The zero-order chi connectivity index (χ0) is 18.6. The van der Waals surface area contributed by atoms with Crippen molar-refractivity contribution in [2.45, 2.75) is 24.8 Å². The van der Waals surface area contributed by atoms with Gasteiger partial charge in [0.1, 0.15) is 0 Å². The minimum Gasteiger partial charge on any atom is -0.294 e. The van der Waals surface area contributed by atoms with Crippen LogP contribution in [0.25, 0.3) is 21.5 Å². The van der Waals surface area contributed by atoms with Gasteiger partial charge in [0.15, 0.2) is 0 Å². The summed E-state index contributed by atoms with van der Waals surface area (Å²) in [6.45, 7) is 5.13. The van der Waals surface area contributed by atoms with E-state index in [1.54, 1.807) is 0 Å². The van der Waals surface area contributed by atoms with E-state index in [1.807, 2.05) is 0 Å². The normalized spacial score (nSPS) is 12.7. The first kappa shape index (κ1) is 18.2. The van der Waals surface area contributed by atoms with Gasteiger partial charge in [0.25, 0.3) is 0 Å². The van der Waals surface area contributed by atoms with Crippen LogP contribution in [0.1, 0.15) is 18.1 Å². The van der Waals surface area contributed by atoms with Crippen molar-refractivity contribution in [3.05, 3.63) is 96.1 Å². The molecule has 0 aliphatic rings. The minimum absolute atomic E-state index is 0.452. The molecule has 0 amide bonds. The molecule has 0 heterocycles. The number of rotatable bonds is 6. The van der Waals surface area contributed by atoms with Gasteiger partial charge in [0.2, 0.25) is 0 Å². The smallest absolute Gasteiger partial charge is 0.0245 e. The Labute approximate surface area is 169 Å². The molecule has 0 aromatic heterocycles. The number of fused-ring (bicyclic) bond motifs is 2. The van der Waals surface area contributed by atoms with Gasteiger partial charge in [-0.1, -0.05) is 102 Å². The van der Waals surface area contributed by atoms with Crippen molar-refractivity contribution in [1.29, 1.82) is 0 Å². The molecule has 0 bridgehead atoms. The van der Waals surface area contributed by atoms with Crippen molar-refractivity contribution >= 4 is 37.5 Å². The van der Waals surface area contributed by atoms with E-state index in [4.69, 9.17) is 0 Å². The number of benzene rings is 4. The Kier molecular flexibility index (Phi) is 5.56.